The molecule has 4 aliphatic heterocycles. The Morgan fingerprint density at radius 3 is 2.74 bits per heavy atom. The lowest BCUT2D eigenvalue weighted by Crippen LogP contribution is -2.51. The second kappa shape index (κ2) is 10.00. The first kappa shape index (κ1) is 26.5. The van der Waals surface area contributed by atoms with Crippen LogP contribution in [0.3, 0.4) is 0 Å². The predicted molar refractivity (Wildman–Crippen MR) is 161 cm³/mol. The first-order chi connectivity index (χ1) is 20.9. The van der Waals surface area contributed by atoms with Crippen molar-refractivity contribution in [3.8, 4) is 35.4 Å². The van der Waals surface area contributed by atoms with Crippen LogP contribution in [0.5, 0.6) is 11.8 Å². The number of phenols is 1. The van der Waals surface area contributed by atoms with Gasteiger partial charge >= 0.3 is 6.01 Å². The molecule has 43 heavy (non-hydrogen) atoms. The standard InChI is InChI=1S/C33H32F2N6O2/c1-2-24-27(35)8-4-19-12-23(42)13-26(29(19)24)28-9-7-25-30(37-28)38-32(39-31(25)40-16-21-5-6-22(17-40)36-21)43-18-33-10-3-11-41(33)15-20(34)14-33/h1,4,7-9,12-13,20-22,36,42H,3,5-6,10-11,14-18H2/t20-,21-,22+,33+/m1/s1. The zero-order chi connectivity index (χ0) is 29.3. The molecular weight excluding hydrogens is 550 g/mol. The van der Waals surface area contributed by atoms with Crippen LogP contribution < -0.4 is 15.0 Å². The number of piperazine rings is 1. The lowest BCUT2D eigenvalue weighted by atomic mass is 9.95. The van der Waals surface area contributed by atoms with Crippen molar-refractivity contribution in [2.45, 2.75) is 55.9 Å². The molecule has 0 radical (unpaired) electrons. The molecule has 2 aromatic carbocycles. The molecule has 0 aliphatic carbocycles. The molecular formula is C33H32F2N6O2. The molecule has 0 saturated carbocycles. The largest absolute Gasteiger partial charge is 0.508 e. The summed E-state index contributed by atoms with van der Waals surface area (Å²) in [4.78, 5) is 19.1. The summed E-state index contributed by atoms with van der Waals surface area (Å²) in [7, 11) is 0. The number of hydrogen-bond acceptors (Lipinski definition) is 8. The Kier molecular flexibility index (Phi) is 6.17. The normalized spacial score (nSPS) is 26.7. The van der Waals surface area contributed by atoms with E-state index in [1.165, 1.54) is 6.07 Å². The molecule has 0 amide bonds. The van der Waals surface area contributed by atoms with Crippen LogP contribution in [0, 0.1) is 18.2 Å². The summed E-state index contributed by atoms with van der Waals surface area (Å²) >= 11 is 0. The molecule has 220 valence electrons. The summed E-state index contributed by atoms with van der Waals surface area (Å²) in [5, 5.41) is 16.1. The van der Waals surface area contributed by atoms with Gasteiger partial charge in [0.05, 0.1) is 22.2 Å². The smallest absolute Gasteiger partial charge is 0.320 e. The first-order valence-corrected chi connectivity index (χ1v) is 15.0. The highest BCUT2D eigenvalue weighted by Gasteiger charge is 2.49. The zero-order valence-corrected chi connectivity index (χ0v) is 23.7. The van der Waals surface area contributed by atoms with Gasteiger partial charge in [0.25, 0.3) is 0 Å². The lowest BCUT2D eigenvalue weighted by Gasteiger charge is -2.34. The van der Waals surface area contributed by atoms with Gasteiger partial charge in [-0.3, -0.25) is 4.90 Å². The minimum atomic E-state index is -0.854. The zero-order valence-electron chi connectivity index (χ0n) is 23.7. The Morgan fingerprint density at radius 2 is 1.93 bits per heavy atom. The number of fused-ring (bicyclic) bond motifs is 5. The predicted octanol–water partition coefficient (Wildman–Crippen LogP) is 4.57. The van der Waals surface area contributed by atoms with Crippen LogP contribution in [0.4, 0.5) is 14.6 Å². The Labute approximate surface area is 248 Å². The molecule has 2 aromatic heterocycles. The lowest BCUT2D eigenvalue weighted by molar-refractivity contribution is 0.107. The van der Waals surface area contributed by atoms with E-state index in [9.17, 15) is 13.9 Å². The summed E-state index contributed by atoms with van der Waals surface area (Å²) < 4.78 is 35.5. The maximum atomic E-state index is 14.8. The van der Waals surface area contributed by atoms with Crippen molar-refractivity contribution in [2.24, 2.45) is 0 Å². The fourth-order valence-corrected chi connectivity index (χ4v) is 7.82. The number of halogens is 2. The van der Waals surface area contributed by atoms with Crippen LogP contribution in [0.1, 0.15) is 37.7 Å². The summed E-state index contributed by atoms with van der Waals surface area (Å²) in [6, 6.07) is 10.7. The summed E-state index contributed by atoms with van der Waals surface area (Å²) in [6.45, 7) is 3.26. The van der Waals surface area contributed by atoms with Crippen molar-refractivity contribution in [1.29, 1.82) is 0 Å². The third-order valence-corrected chi connectivity index (χ3v) is 9.74. The molecule has 2 N–H and O–H groups in total. The van der Waals surface area contributed by atoms with Gasteiger partial charge in [0.2, 0.25) is 0 Å². The molecule has 0 unspecified atom stereocenters. The molecule has 0 spiro atoms. The molecule has 4 aliphatic rings. The maximum absolute atomic E-state index is 14.8. The molecule has 8 rings (SSSR count). The highest BCUT2D eigenvalue weighted by molar-refractivity contribution is 6.02. The van der Waals surface area contributed by atoms with Crippen molar-refractivity contribution in [3.05, 3.63) is 47.8 Å². The van der Waals surface area contributed by atoms with E-state index < -0.39 is 12.0 Å². The van der Waals surface area contributed by atoms with Crippen LogP contribution in [-0.4, -0.2) is 81.5 Å². The van der Waals surface area contributed by atoms with Crippen LogP contribution in [0.15, 0.2) is 36.4 Å². The van der Waals surface area contributed by atoms with Crippen LogP contribution in [-0.2, 0) is 0 Å². The van der Waals surface area contributed by atoms with Gasteiger partial charge in [-0.05, 0) is 67.9 Å². The molecule has 4 fully saturated rings. The number of aromatic hydroxyl groups is 1. The van der Waals surface area contributed by atoms with Crippen LogP contribution in [0.25, 0.3) is 33.1 Å². The van der Waals surface area contributed by atoms with E-state index in [1.54, 1.807) is 18.2 Å². The number of alkyl halides is 1. The van der Waals surface area contributed by atoms with E-state index in [0.29, 0.717) is 59.3 Å². The van der Waals surface area contributed by atoms with Crippen molar-refractivity contribution >= 4 is 27.6 Å². The van der Waals surface area contributed by atoms with Crippen molar-refractivity contribution in [1.82, 2.24) is 25.2 Å². The molecule has 4 saturated heterocycles. The fraction of sp³-hybridized carbons (Fsp3) is 0.424. The van der Waals surface area contributed by atoms with Crippen molar-refractivity contribution in [3.63, 3.8) is 0 Å². The van der Waals surface area contributed by atoms with Gasteiger partial charge in [0.1, 0.15) is 30.2 Å². The Bertz CT molecular complexity index is 1800. The van der Waals surface area contributed by atoms with Gasteiger partial charge < -0.3 is 20.1 Å². The topological polar surface area (TPSA) is 86.6 Å². The highest BCUT2D eigenvalue weighted by Crippen LogP contribution is 2.41. The summed E-state index contributed by atoms with van der Waals surface area (Å²) in [6.07, 6.45) is 9.47. The Morgan fingerprint density at radius 1 is 1.09 bits per heavy atom. The molecule has 2 bridgehead atoms. The quantitative estimate of drug-likeness (QED) is 0.331. The third-order valence-electron chi connectivity index (χ3n) is 9.74. The number of nitrogens with zero attached hydrogens (tertiary/aromatic N) is 5. The minimum absolute atomic E-state index is 0.0192. The average molecular weight is 583 g/mol. The van der Waals surface area contributed by atoms with Crippen molar-refractivity contribution < 1.29 is 18.6 Å². The number of rotatable bonds is 5. The monoisotopic (exact) mass is 582 g/mol. The van der Waals surface area contributed by atoms with Crippen molar-refractivity contribution in [2.75, 3.05) is 37.7 Å². The number of nitrogens with one attached hydrogen (secondary N) is 1. The van der Waals surface area contributed by atoms with E-state index in [4.69, 9.17) is 26.1 Å². The Balaban J connectivity index is 1.24. The fourth-order valence-electron chi connectivity index (χ4n) is 7.82. The molecule has 10 heteroatoms. The molecule has 4 aromatic rings. The average Bonchev–Trinajstić information content (AvgIpc) is 3.65. The number of pyridine rings is 1. The van der Waals surface area contributed by atoms with Gasteiger partial charge in [-0.2, -0.15) is 9.97 Å². The second-order valence-electron chi connectivity index (χ2n) is 12.5. The summed E-state index contributed by atoms with van der Waals surface area (Å²) in [5.74, 6) is 2.73. The third kappa shape index (κ3) is 4.45. The summed E-state index contributed by atoms with van der Waals surface area (Å²) in [5.41, 5.74) is 1.20. The van der Waals surface area contributed by atoms with Gasteiger partial charge in [0, 0.05) is 49.1 Å². The number of anilines is 1. The maximum Gasteiger partial charge on any atom is 0.320 e. The van der Waals surface area contributed by atoms with E-state index in [2.05, 4.69) is 21.0 Å². The molecule has 6 heterocycles. The van der Waals surface area contributed by atoms with Crippen LogP contribution in [0.2, 0.25) is 0 Å². The van der Waals surface area contributed by atoms with Crippen LogP contribution >= 0.6 is 0 Å². The number of ether oxygens (including phenoxy) is 1. The minimum Gasteiger partial charge on any atom is -0.508 e. The molecule has 8 nitrogen and oxygen atoms in total. The number of aromatic nitrogens is 3. The van der Waals surface area contributed by atoms with E-state index in [1.807, 2.05) is 12.1 Å². The number of benzene rings is 2. The van der Waals surface area contributed by atoms with Gasteiger partial charge in [-0.15, -0.1) is 6.42 Å². The van der Waals surface area contributed by atoms with Gasteiger partial charge in [-0.1, -0.05) is 12.0 Å². The Hall–Kier alpha value is -4.07. The number of phenolic OH excluding ortho intramolecular Hbond substituents is 1. The van der Waals surface area contributed by atoms with E-state index in [0.717, 1.165) is 56.5 Å². The van der Waals surface area contributed by atoms with E-state index in [-0.39, 0.29) is 22.9 Å². The van der Waals surface area contributed by atoms with Gasteiger partial charge in [-0.25, -0.2) is 13.8 Å². The molecule has 4 atom stereocenters. The number of terminal acetylenes is 1. The first-order valence-electron chi connectivity index (χ1n) is 15.0. The number of hydrogen-bond donors (Lipinski definition) is 2. The SMILES string of the molecule is C#Cc1c(F)ccc2cc(O)cc(-c3ccc4c(N5C[C@H]6CC[C@@H](C5)N6)nc(OC[C@@]56CCCN5C[C@H](F)C6)nc4n3)c12. The van der Waals surface area contributed by atoms with E-state index >= 15 is 0 Å². The van der Waals surface area contributed by atoms with Gasteiger partial charge in [0.15, 0.2) is 5.65 Å². The highest BCUT2D eigenvalue weighted by atomic mass is 19.1. The second-order valence-corrected chi connectivity index (χ2v) is 12.5.